The first-order valence-corrected chi connectivity index (χ1v) is 8.84. The molecule has 1 amide bonds. The van der Waals surface area contributed by atoms with Gasteiger partial charge in [-0.25, -0.2) is 4.79 Å². The van der Waals surface area contributed by atoms with Gasteiger partial charge in [0.15, 0.2) is 0 Å². The van der Waals surface area contributed by atoms with Gasteiger partial charge in [-0.05, 0) is 57.7 Å². The number of rotatable bonds is 0. The molecule has 5 nitrogen and oxygen atoms in total. The molecule has 1 aromatic rings. The Kier molecular flexibility index (Phi) is 5.69. The monoisotopic (exact) mass is 345 g/mol. The van der Waals surface area contributed by atoms with Crippen LogP contribution in [-0.2, 0) is 19.7 Å². The third-order valence-electron chi connectivity index (χ3n) is 4.96. The lowest BCUT2D eigenvalue weighted by Crippen LogP contribution is -2.41. The lowest BCUT2D eigenvalue weighted by atomic mass is 9.69. The minimum atomic E-state index is -0.455. The van der Waals surface area contributed by atoms with Gasteiger partial charge in [-0.2, -0.15) is 9.59 Å². The summed E-state index contributed by atoms with van der Waals surface area (Å²) in [6.45, 7) is 8.73. The summed E-state index contributed by atoms with van der Waals surface area (Å²) in [6, 6.07) is 6.30. The standard InChI is InChI=1S/C19H27NO2.CO2/c1-14-9-8-10-15-16(14)19(11-6-5-7-12-19)13-20(15)17(21)22-18(2,3)4;2-1-3/h8-10H,5-7,11-13H2,1-4H3;. The Balaban J connectivity index is 0.000000701. The molecule has 0 saturated heterocycles. The lowest BCUT2D eigenvalue weighted by molar-refractivity contribution is -0.191. The number of benzene rings is 1. The van der Waals surface area contributed by atoms with Crippen LogP contribution in [0.5, 0.6) is 0 Å². The van der Waals surface area contributed by atoms with Gasteiger partial charge in [-0.3, -0.25) is 4.90 Å². The average molecular weight is 345 g/mol. The van der Waals surface area contributed by atoms with Gasteiger partial charge < -0.3 is 4.74 Å². The van der Waals surface area contributed by atoms with Crippen molar-refractivity contribution in [3.8, 4) is 0 Å². The van der Waals surface area contributed by atoms with Crippen molar-refractivity contribution in [2.45, 2.75) is 70.8 Å². The molecule has 0 aromatic heterocycles. The van der Waals surface area contributed by atoms with E-state index in [-0.39, 0.29) is 17.7 Å². The fourth-order valence-corrected chi connectivity index (χ4v) is 4.15. The van der Waals surface area contributed by atoms with Gasteiger partial charge in [0.2, 0.25) is 0 Å². The number of carbonyl (C=O) groups is 1. The van der Waals surface area contributed by atoms with Crippen LogP contribution in [0, 0.1) is 6.92 Å². The predicted octanol–water partition coefficient (Wildman–Crippen LogP) is 4.37. The second-order valence-electron chi connectivity index (χ2n) is 7.96. The smallest absolute Gasteiger partial charge is 0.414 e. The Hall–Kier alpha value is -2.13. The van der Waals surface area contributed by atoms with Crippen molar-refractivity contribution in [3.05, 3.63) is 29.3 Å². The van der Waals surface area contributed by atoms with Crippen LogP contribution in [0.3, 0.4) is 0 Å². The van der Waals surface area contributed by atoms with E-state index in [0.29, 0.717) is 0 Å². The highest BCUT2D eigenvalue weighted by molar-refractivity contribution is 5.92. The summed E-state index contributed by atoms with van der Waals surface area (Å²) in [5, 5.41) is 0. The number of carbonyl (C=O) groups excluding carboxylic acids is 3. The second kappa shape index (κ2) is 7.40. The maximum atomic E-state index is 12.7. The van der Waals surface area contributed by atoms with Crippen molar-refractivity contribution >= 4 is 17.9 Å². The Morgan fingerprint density at radius 2 is 1.76 bits per heavy atom. The number of hydrogen-bond acceptors (Lipinski definition) is 4. The third kappa shape index (κ3) is 4.10. The van der Waals surface area contributed by atoms with Crippen LogP contribution in [0.2, 0.25) is 0 Å². The molecule has 1 heterocycles. The largest absolute Gasteiger partial charge is 0.443 e. The number of amides is 1. The summed E-state index contributed by atoms with van der Waals surface area (Å²) in [4.78, 5) is 30.8. The first kappa shape index (κ1) is 19.2. The van der Waals surface area contributed by atoms with Crippen LogP contribution >= 0.6 is 0 Å². The fourth-order valence-electron chi connectivity index (χ4n) is 4.15. The maximum Gasteiger partial charge on any atom is 0.414 e. The van der Waals surface area contributed by atoms with Gasteiger partial charge in [0.05, 0.1) is 5.69 Å². The summed E-state index contributed by atoms with van der Waals surface area (Å²) in [5.41, 5.74) is 3.46. The van der Waals surface area contributed by atoms with Gasteiger partial charge in [0.1, 0.15) is 5.60 Å². The van der Waals surface area contributed by atoms with Crippen molar-refractivity contribution in [1.82, 2.24) is 0 Å². The normalized spacial score (nSPS) is 18.0. The molecule has 2 aliphatic rings. The molecule has 1 saturated carbocycles. The molecule has 25 heavy (non-hydrogen) atoms. The zero-order chi connectivity index (χ0) is 18.7. The molecule has 1 fully saturated rings. The summed E-state index contributed by atoms with van der Waals surface area (Å²) in [6.07, 6.45) is 6.25. The van der Waals surface area contributed by atoms with Crippen LogP contribution in [0.4, 0.5) is 10.5 Å². The van der Waals surface area contributed by atoms with Crippen LogP contribution in [0.25, 0.3) is 0 Å². The minimum Gasteiger partial charge on any atom is -0.443 e. The number of aryl methyl sites for hydroxylation is 1. The van der Waals surface area contributed by atoms with E-state index in [1.165, 1.54) is 43.2 Å². The number of fused-ring (bicyclic) bond motifs is 2. The summed E-state index contributed by atoms with van der Waals surface area (Å²) >= 11 is 0. The van der Waals surface area contributed by atoms with E-state index in [1.54, 1.807) is 0 Å². The molecule has 0 radical (unpaired) electrons. The predicted molar refractivity (Wildman–Crippen MR) is 94.5 cm³/mol. The van der Waals surface area contributed by atoms with Crippen LogP contribution in [0.15, 0.2) is 18.2 Å². The number of hydrogen-bond donors (Lipinski definition) is 0. The van der Waals surface area contributed by atoms with Gasteiger partial charge in [0, 0.05) is 12.0 Å². The molecule has 5 heteroatoms. The summed E-state index contributed by atoms with van der Waals surface area (Å²) in [5.74, 6) is 0. The van der Waals surface area contributed by atoms with E-state index in [0.717, 1.165) is 12.2 Å². The van der Waals surface area contributed by atoms with E-state index in [1.807, 2.05) is 31.7 Å². The molecular weight excluding hydrogens is 318 g/mol. The van der Waals surface area contributed by atoms with Crippen LogP contribution < -0.4 is 4.90 Å². The minimum absolute atomic E-state index is 0.149. The van der Waals surface area contributed by atoms with Crippen molar-refractivity contribution in [3.63, 3.8) is 0 Å². The first-order valence-electron chi connectivity index (χ1n) is 8.84. The number of nitrogens with zero attached hydrogens (tertiary/aromatic N) is 1. The van der Waals surface area contributed by atoms with Gasteiger partial charge in [-0.15, -0.1) is 0 Å². The highest BCUT2D eigenvalue weighted by atomic mass is 16.6. The van der Waals surface area contributed by atoms with Gasteiger partial charge in [0.25, 0.3) is 0 Å². The first-order chi connectivity index (χ1) is 11.7. The molecular formula is C20H27NO4. The zero-order valence-electron chi connectivity index (χ0n) is 15.6. The van der Waals surface area contributed by atoms with Crippen molar-refractivity contribution in [1.29, 1.82) is 0 Å². The number of anilines is 1. The molecule has 1 aliphatic heterocycles. The molecule has 0 N–H and O–H groups in total. The molecule has 0 atom stereocenters. The van der Waals surface area contributed by atoms with E-state index >= 15 is 0 Å². The van der Waals surface area contributed by atoms with E-state index in [4.69, 9.17) is 14.3 Å². The summed E-state index contributed by atoms with van der Waals surface area (Å²) in [7, 11) is 0. The third-order valence-corrected chi connectivity index (χ3v) is 4.96. The lowest BCUT2D eigenvalue weighted by Gasteiger charge is -2.35. The van der Waals surface area contributed by atoms with E-state index < -0.39 is 5.60 Å². The molecule has 1 aromatic carbocycles. The van der Waals surface area contributed by atoms with Gasteiger partial charge in [-0.1, -0.05) is 31.4 Å². The Morgan fingerprint density at radius 1 is 1.16 bits per heavy atom. The van der Waals surface area contributed by atoms with Crippen molar-refractivity contribution < 1.29 is 19.1 Å². The second-order valence-corrected chi connectivity index (χ2v) is 7.96. The van der Waals surface area contributed by atoms with E-state index in [9.17, 15) is 4.79 Å². The molecule has 3 rings (SSSR count). The highest BCUT2D eigenvalue weighted by Gasteiger charge is 2.46. The maximum absolute atomic E-state index is 12.7. The van der Waals surface area contributed by atoms with Gasteiger partial charge >= 0.3 is 12.2 Å². The van der Waals surface area contributed by atoms with Crippen LogP contribution in [-0.4, -0.2) is 24.4 Å². The molecule has 0 unspecified atom stereocenters. The average Bonchev–Trinajstić information content (AvgIpc) is 2.83. The Labute approximate surface area is 149 Å². The van der Waals surface area contributed by atoms with Crippen LogP contribution in [0.1, 0.15) is 64.0 Å². The molecule has 0 bridgehead atoms. The Bertz CT molecular complexity index is 663. The Morgan fingerprint density at radius 3 is 2.32 bits per heavy atom. The SMILES string of the molecule is Cc1cccc2c1C1(CCCCC1)CN2C(=O)OC(C)(C)C.O=C=O. The van der Waals surface area contributed by atoms with E-state index in [2.05, 4.69) is 19.1 Å². The zero-order valence-corrected chi connectivity index (χ0v) is 15.6. The quantitative estimate of drug-likeness (QED) is 0.700. The number of ether oxygens (including phenoxy) is 1. The topological polar surface area (TPSA) is 63.7 Å². The molecule has 1 aliphatic carbocycles. The van der Waals surface area contributed by atoms with Crippen molar-refractivity contribution in [2.75, 3.05) is 11.4 Å². The summed E-state index contributed by atoms with van der Waals surface area (Å²) < 4.78 is 5.64. The van der Waals surface area contributed by atoms with Crippen molar-refractivity contribution in [2.24, 2.45) is 0 Å². The molecule has 1 spiro atoms. The molecule has 136 valence electrons. The highest BCUT2D eigenvalue weighted by Crippen LogP contribution is 2.50. The fraction of sp³-hybridized carbons (Fsp3) is 0.600.